The molecule has 0 saturated heterocycles. The van der Waals surface area contributed by atoms with Crippen LogP contribution in [0.25, 0.3) is 0 Å². The van der Waals surface area contributed by atoms with Crippen molar-refractivity contribution in [2.45, 2.75) is 0 Å². The van der Waals surface area contributed by atoms with Gasteiger partial charge in [0.15, 0.2) is 0 Å². The van der Waals surface area contributed by atoms with Gasteiger partial charge in [-0.15, -0.1) is 0 Å². The Labute approximate surface area is 199 Å². The summed E-state index contributed by atoms with van der Waals surface area (Å²) >= 11 is -1.86. The van der Waals surface area contributed by atoms with Crippen molar-refractivity contribution in [1.29, 1.82) is 0 Å². The molecular weight excluding hydrogens is 467 g/mol. The van der Waals surface area contributed by atoms with Gasteiger partial charge in [-0.1, -0.05) is 65.7 Å². The molecular formula is C25H24FeO3PS+5. The molecule has 0 N–H and O–H groups in total. The van der Waals surface area contributed by atoms with Crippen molar-refractivity contribution in [2.24, 2.45) is 0 Å². The first-order chi connectivity index (χ1) is 14.7. The van der Waals surface area contributed by atoms with Gasteiger partial charge in [0.25, 0.3) is 0 Å². The summed E-state index contributed by atoms with van der Waals surface area (Å²) in [5.74, 6) is 0. The number of rotatable bonds is 3. The summed E-state index contributed by atoms with van der Waals surface area (Å²) < 4.78 is 25.5. The second-order valence-electron chi connectivity index (χ2n) is 5.84. The third-order valence-electron chi connectivity index (χ3n) is 3.74. The number of hydrogen-bond donors (Lipinski definition) is 0. The van der Waals surface area contributed by atoms with E-state index in [1.807, 2.05) is 30.3 Å². The quantitative estimate of drug-likeness (QED) is 0.143. The predicted molar refractivity (Wildman–Crippen MR) is 127 cm³/mol. The van der Waals surface area contributed by atoms with E-state index in [0.29, 0.717) is 0 Å². The molecule has 4 aromatic carbocycles. The Hall–Kier alpha value is -2.19. The van der Waals surface area contributed by atoms with Gasteiger partial charge in [0, 0.05) is 0 Å². The standard InChI is InChI=1S/C18H15P.C5H5.CH4O2S.CO.Fe/c1-4-10-16(11-5-1)19(17-12-6-2-7-13-17)18-14-8-3-9-15-18;1-2-4-5-3-1;1-4(2)3;1-2;/h1-15H;1-5H;1H3,(H,2,3);;/q;-1;;;+6. The Morgan fingerprint density at radius 1 is 0.710 bits per heavy atom. The maximum absolute atomic E-state index is 9.00. The SMILES string of the molecule is CS(=O)[O-].[C-]#[O+].[Fe+6].c1cc[cH-]c1.c1ccc([PH+](c2ccccc2)c2ccccc2)cc1. The first-order valence-corrected chi connectivity index (χ1v) is 12.1. The van der Waals surface area contributed by atoms with E-state index in [0.717, 1.165) is 6.26 Å². The van der Waals surface area contributed by atoms with Gasteiger partial charge in [0.2, 0.25) is 0 Å². The summed E-state index contributed by atoms with van der Waals surface area (Å²) in [5.41, 5.74) is 0. The third kappa shape index (κ3) is 12.3. The molecule has 4 rings (SSSR count). The second kappa shape index (κ2) is 18.6. The fourth-order valence-corrected chi connectivity index (χ4v) is 5.21. The van der Waals surface area contributed by atoms with Crippen LogP contribution in [0.1, 0.15) is 0 Å². The zero-order chi connectivity index (χ0) is 22.0. The maximum atomic E-state index is 9.00. The van der Waals surface area contributed by atoms with E-state index in [9.17, 15) is 0 Å². The minimum absolute atomic E-state index is 0. The summed E-state index contributed by atoms with van der Waals surface area (Å²) in [6, 6.07) is 42.5. The summed E-state index contributed by atoms with van der Waals surface area (Å²) in [5, 5.41) is 4.31. The summed E-state index contributed by atoms with van der Waals surface area (Å²) in [6.45, 7) is 4.50. The van der Waals surface area contributed by atoms with Crippen molar-refractivity contribution in [1.82, 2.24) is 0 Å². The summed E-state index contributed by atoms with van der Waals surface area (Å²) in [6.07, 6.45) is 1.08. The largest absolute Gasteiger partial charge is 6.00 e. The van der Waals surface area contributed by atoms with Gasteiger partial charge in [-0.25, -0.2) is 12.1 Å². The first kappa shape index (κ1) is 28.8. The molecule has 0 aliphatic carbocycles. The minimum atomic E-state index is -1.86. The van der Waals surface area contributed by atoms with E-state index in [4.69, 9.17) is 13.4 Å². The molecule has 156 valence electrons. The molecule has 1 unspecified atom stereocenters. The Morgan fingerprint density at radius 2 is 0.968 bits per heavy atom. The summed E-state index contributed by atoms with van der Waals surface area (Å²) in [7, 11) is -0.877. The monoisotopic (exact) mass is 491 g/mol. The number of benzene rings is 3. The van der Waals surface area contributed by atoms with Crippen molar-refractivity contribution in [3.63, 3.8) is 0 Å². The summed E-state index contributed by atoms with van der Waals surface area (Å²) in [4.78, 5) is 0. The van der Waals surface area contributed by atoms with Crippen LogP contribution in [0.3, 0.4) is 0 Å². The molecule has 1 atom stereocenters. The third-order valence-corrected chi connectivity index (χ3v) is 6.47. The molecule has 4 aromatic rings. The smallest absolute Gasteiger partial charge is 0.214 e. The average molecular weight is 491 g/mol. The molecule has 0 amide bonds. The van der Waals surface area contributed by atoms with Gasteiger partial charge in [-0.2, -0.15) is 18.2 Å². The zero-order valence-electron chi connectivity index (χ0n) is 17.0. The van der Waals surface area contributed by atoms with Crippen LogP contribution in [-0.2, 0) is 32.8 Å². The molecule has 0 radical (unpaired) electrons. The van der Waals surface area contributed by atoms with Crippen LogP contribution < -0.4 is 15.9 Å². The van der Waals surface area contributed by atoms with E-state index < -0.39 is 19.0 Å². The fourth-order valence-electron chi connectivity index (χ4n) is 2.64. The van der Waals surface area contributed by atoms with E-state index in [2.05, 4.69) is 97.6 Å². The van der Waals surface area contributed by atoms with Crippen LogP contribution >= 0.6 is 7.92 Å². The molecule has 0 aliphatic rings. The van der Waals surface area contributed by atoms with Gasteiger partial charge < -0.3 is 4.55 Å². The van der Waals surface area contributed by atoms with Crippen LogP contribution in [0.5, 0.6) is 0 Å². The van der Waals surface area contributed by atoms with Crippen LogP contribution in [0.4, 0.5) is 0 Å². The minimum Gasteiger partial charge on any atom is -0.214 e. The zero-order valence-corrected chi connectivity index (χ0v) is 20.0. The number of hydrogen-bond acceptors (Lipinski definition) is 2. The van der Waals surface area contributed by atoms with Gasteiger partial charge in [0.1, 0.15) is 15.9 Å². The molecule has 0 spiro atoms. The molecule has 0 aliphatic heterocycles. The molecule has 0 aromatic heterocycles. The Balaban J connectivity index is 0.000000626. The van der Waals surface area contributed by atoms with Crippen LogP contribution in [-0.4, -0.2) is 15.0 Å². The molecule has 3 nitrogen and oxygen atoms in total. The molecule has 0 heterocycles. The predicted octanol–water partition coefficient (Wildman–Crippen LogP) is 4.04. The first-order valence-electron chi connectivity index (χ1n) is 9.09. The van der Waals surface area contributed by atoms with Crippen molar-refractivity contribution >= 4 is 34.9 Å². The molecule has 0 bridgehead atoms. The van der Waals surface area contributed by atoms with Crippen molar-refractivity contribution in [3.05, 3.63) is 128 Å². The second-order valence-corrected chi connectivity index (χ2v) is 9.12. The van der Waals surface area contributed by atoms with E-state index in [-0.39, 0.29) is 17.1 Å². The normalized spacial score (nSPS) is 9.84. The molecule has 0 saturated carbocycles. The van der Waals surface area contributed by atoms with Crippen molar-refractivity contribution < 1.29 is 30.5 Å². The van der Waals surface area contributed by atoms with Gasteiger partial charge in [-0.3, -0.25) is 4.21 Å². The Kier molecular flexibility index (Phi) is 17.3. The van der Waals surface area contributed by atoms with Crippen molar-refractivity contribution in [3.8, 4) is 0 Å². The van der Waals surface area contributed by atoms with Crippen LogP contribution in [0.2, 0.25) is 0 Å². The van der Waals surface area contributed by atoms with Gasteiger partial charge >= 0.3 is 28.4 Å². The maximum Gasteiger partial charge on any atom is 6.00 e. The Bertz CT molecular complexity index is 832. The molecule has 6 heteroatoms. The Morgan fingerprint density at radius 3 is 1.16 bits per heavy atom. The van der Waals surface area contributed by atoms with Gasteiger partial charge in [0.05, 0.1) is 7.92 Å². The van der Waals surface area contributed by atoms with Gasteiger partial charge in [-0.05, 0) is 42.7 Å². The topological polar surface area (TPSA) is 60.0 Å². The van der Waals surface area contributed by atoms with Crippen LogP contribution in [0.15, 0.2) is 121 Å². The van der Waals surface area contributed by atoms with E-state index in [1.165, 1.54) is 15.9 Å². The van der Waals surface area contributed by atoms with E-state index in [1.54, 1.807) is 0 Å². The fraction of sp³-hybridized carbons (Fsp3) is 0.0400. The molecule has 31 heavy (non-hydrogen) atoms. The average Bonchev–Trinajstić information content (AvgIpc) is 3.38. The van der Waals surface area contributed by atoms with E-state index >= 15 is 0 Å². The van der Waals surface area contributed by atoms with Crippen LogP contribution in [0, 0.1) is 6.65 Å². The molecule has 0 fully saturated rings. The van der Waals surface area contributed by atoms with Crippen molar-refractivity contribution in [2.75, 3.05) is 6.26 Å².